The maximum atomic E-state index is 4.33. The molecule has 102 valence electrons. The van der Waals surface area contributed by atoms with Crippen LogP contribution in [0.15, 0.2) is 63.8 Å². The van der Waals surface area contributed by atoms with Crippen LogP contribution < -0.4 is 0 Å². The molecule has 0 saturated heterocycles. The van der Waals surface area contributed by atoms with Crippen molar-refractivity contribution in [1.29, 1.82) is 0 Å². The second-order valence-corrected chi connectivity index (χ2v) is 6.55. The van der Waals surface area contributed by atoms with E-state index in [2.05, 4.69) is 84.3 Å². The average molecular weight is 402 g/mol. The topological polar surface area (TPSA) is 28.7 Å². The van der Waals surface area contributed by atoms with E-state index in [1.54, 1.807) is 6.20 Å². The van der Waals surface area contributed by atoms with E-state index in [0.29, 0.717) is 0 Å². The minimum atomic E-state index is 0.859. The highest BCUT2D eigenvalue weighted by atomic mass is 79.9. The lowest BCUT2D eigenvalue weighted by Gasteiger charge is -2.05. The zero-order chi connectivity index (χ0) is 14.4. The minimum Gasteiger partial charge on any atom is -0.354 e. The van der Waals surface area contributed by atoms with Crippen molar-refractivity contribution in [3.05, 3.63) is 63.8 Å². The summed E-state index contributed by atoms with van der Waals surface area (Å²) in [5.74, 6) is 0. The molecule has 0 unspecified atom stereocenters. The van der Waals surface area contributed by atoms with Gasteiger partial charge in [0.1, 0.15) is 4.60 Å². The van der Waals surface area contributed by atoms with Crippen LogP contribution in [0.5, 0.6) is 0 Å². The molecule has 0 spiro atoms. The zero-order valence-electron chi connectivity index (χ0n) is 10.9. The van der Waals surface area contributed by atoms with Crippen molar-refractivity contribution in [3.8, 4) is 11.1 Å². The summed E-state index contributed by atoms with van der Waals surface area (Å²) in [6.45, 7) is 0. The van der Waals surface area contributed by atoms with Crippen LogP contribution in [-0.2, 0) is 0 Å². The largest absolute Gasteiger partial charge is 0.354 e. The average Bonchev–Trinajstić information content (AvgIpc) is 2.85. The Morgan fingerprint density at radius 1 is 0.857 bits per heavy atom. The Bertz CT molecular complexity index is 973. The Morgan fingerprint density at radius 3 is 2.57 bits per heavy atom. The molecule has 0 atom stereocenters. The fraction of sp³-hybridized carbons (Fsp3) is 0. The lowest BCUT2D eigenvalue weighted by molar-refractivity contribution is 1.28. The third kappa shape index (κ3) is 2.10. The van der Waals surface area contributed by atoms with Crippen LogP contribution in [0.4, 0.5) is 0 Å². The van der Waals surface area contributed by atoms with Gasteiger partial charge in [0.25, 0.3) is 0 Å². The van der Waals surface area contributed by atoms with Crippen LogP contribution >= 0.6 is 31.9 Å². The van der Waals surface area contributed by atoms with Crippen LogP contribution in [0, 0.1) is 0 Å². The molecule has 21 heavy (non-hydrogen) atoms. The molecule has 2 aromatic carbocycles. The number of benzene rings is 2. The fourth-order valence-electron chi connectivity index (χ4n) is 2.71. The van der Waals surface area contributed by atoms with Gasteiger partial charge in [0.15, 0.2) is 0 Å². The Hall–Kier alpha value is -1.65. The summed E-state index contributed by atoms with van der Waals surface area (Å²) in [6, 6.07) is 16.7. The van der Waals surface area contributed by atoms with Gasteiger partial charge in [-0.25, -0.2) is 4.98 Å². The molecular formula is C17H10Br2N2. The maximum absolute atomic E-state index is 4.33. The molecule has 0 aliphatic heterocycles. The highest BCUT2D eigenvalue weighted by Crippen LogP contribution is 2.36. The summed E-state index contributed by atoms with van der Waals surface area (Å²) in [5.41, 5.74) is 4.51. The van der Waals surface area contributed by atoms with Gasteiger partial charge in [-0.1, -0.05) is 46.3 Å². The zero-order valence-corrected chi connectivity index (χ0v) is 14.1. The number of H-pyrrole nitrogens is 1. The predicted octanol–water partition coefficient (Wildman–Crippen LogP) is 5.91. The summed E-state index contributed by atoms with van der Waals surface area (Å²) in [6.07, 6.45) is 1.79. The molecule has 2 aromatic heterocycles. The van der Waals surface area contributed by atoms with Crippen LogP contribution in [0.1, 0.15) is 0 Å². The van der Waals surface area contributed by atoms with Crippen molar-refractivity contribution in [1.82, 2.24) is 9.97 Å². The minimum absolute atomic E-state index is 0.859. The quantitative estimate of drug-likeness (QED) is 0.394. The van der Waals surface area contributed by atoms with E-state index in [9.17, 15) is 0 Å². The van der Waals surface area contributed by atoms with E-state index >= 15 is 0 Å². The lowest BCUT2D eigenvalue weighted by atomic mass is 10.0. The van der Waals surface area contributed by atoms with Crippen LogP contribution in [-0.4, -0.2) is 9.97 Å². The number of halogens is 2. The first-order valence-electron chi connectivity index (χ1n) is 6.55. The molecule has 0 bridgehead atoms. The summed E-state index contributed by atoms with van der Waals surface area (Å²) in [4.78, 5) is 7.86. The number of para-hydroxylation sites is 1. The second kappa shape index (κ2) is 4.97. The van der Waals surface area contributed by atoms with E-state index in [1.807, 2.05) is 6.07 Å². The normalized spacial score (nSPS) is 11.3. The van der Waals surface area contributed by atoms with Crippen molar-refractivity contribution < 1.29 is 0 Å². The molecule has 2 nitrogen and oxygen atoms in total. The van der Waals surface area contributed by atoms with Crippen LogP contribution in [0.2, 0.25) is 0 Å². The molecule has 0 amide bonds. The van der Waals surface area contributed by atoms with Gasteiger partial charge in [-0.3, -0.25) is 0 Å². The van der Waals surface area contributed by atoms with Gasteiger partial charge in [0.05, 0.1) is 5.52 Å². The predicted molar refractivity (Wildman–Crippen MR) is 94.4 cm³/mol. The highest BCUT2D eigenvalue weighted by Gasteiger charge is 2.11. The van der Waals surface area contributed by atoms with Gasteiger partial charge in [-0.05, 0) is 34.1 Å². The molecule has 1 N–H and O–H groups in total. The first-order chi connectivity index (χ1) is 10.2. The van der Waals surface area contributed by atoms with E-state index in [1.165, 1.54) is 10.8 Å². The van der Waals surface area contributed by atoms with Crippen molar-refractivity contribution >= 4 is 53.7 Å². The number of aromatic nitrogens is 2. The van der Waals surface area contributed by atoms with Crippen molar-refractivity contribution in [2.45, 2.75) is 0 Å². The van der Waals surface area contributed by atoms with E-state index in [4.69, 9.17) is 0 Å². The molecule has 0 saturated carbocycles. The van der Waals surface area contributed by atoms with Crippen molar-refractivity contribution in [2.24, 2.45) is 0 Å². The number of hydrogen-bond acceptors (Lipinski definition) is 1. The van der Waals surface area contributed by atoms with E-state index < -0.39 is 0 Å². The Balaban J connectivity index is 2.11. The number of nitrogens with zero attached hydrogens (tertiary/aromatic N) is 1. The Labute approximate surface area is 138 Å². The number of pyridine rings is 1. The van der Waals surface area contributed by atoms with Gasteiger partial charge in [-0.15, -0.1) is 0 Å². The van der Waals surface area contributed by atoms with Gasteiger partial charge < -0.3 is 4.98 Å². The highest BCUT2D eigenvalue weighted by molar-refractivity contribution is 9.10. The maximum Gasteiger partial charge on any atom is 0.113 e. The van der Waals surface area contributed by atoms with Crippen molar-refractivity contribution in [3.63, 3.8) is 0 Å². The first-order valence-corrected chi connectivity index (χ1v) is 8.13. The molecule has 0 aliphatic carbocycles. The second-order valence-electron chi connectivity index (χ2n) is 4.88. The summed E-state index contributed by atoms with van der Waals surface area (Å²) < 4.78 is 1.93. The molecule has 4 rings (SSSR count). The molecule has 2 heterocycles. The molecule has 4 aromatic rings. The van der Waals surface area contributed by atoms with E-state index in [0.717, 1.165) is 31.2 Å². The summed E-state index contributed by atoms with van der Waals surface area (Å²) in [7, 11) is 0. The van der Waals surface area contributed by atoms with Crippen molar-refractivity contribution in [2.75, 3.05) is 0 Å². The number of rotatable bonds is 1. The third-order valence-electron chi connectivity index (χ3n) is 3.65. The molecule has 0 fully saturated rings. The first kappa shape index (κ1) is 13.0. The Morgan fingerprint density at radius 2 is 1.71 bits per heavy atom. The Kier molecular flexibility index (Phi) is 3.08. The lowest BCUT2D eigenvalue weighted by Crippen LogP contribution is -1.84. The smallest absolute Gasteiger partial charge is 0.113 e. The SMILES string of the molecule is Brc1ccc2c(c1)[nH]c1c(-c3cccnc3Br)cccc12. The number of fused-ring (bicyclic) bond motifs is 3. The summed E-state index contributed by atoms with van der Waals surface area (Å²) >= 11 is 7.07. The van der Waals surface area contributed by atoms with Gasteiger partial charge in [0.2, 0.25) is 0 Å². The van der Waals surface area contributed by atoms with Gasteiger partial charge in [0, 0.05) is 38.1 Å². The van der Waals surface area contributed by atoms with E-state index in [-0.39, 0.29) is 0 Å². The van der Waals surface area contributed by atoms with Crippen LogP contribution in [0.25, 0.3) is 32.9 Å². The molecule has 0 radical (unpaired) electrons. The number of aromatic amines is 1. The molecule has 4 heteroatoms. The van der Waals surface area contributed by atoms with Gasteiger partial charge in [-0.2, -0.15) is 0 Å². The molecule has 0 aliphatic rings. The monoisotopic (exact) mass is 400 g/mol. The molecular weight excluding hydrogens is 392 g/mol. The standard InChI is InChI=1S/C17H10Br2N2/c18-10-6-7-11-12-3-1-4-13(16(12)21-15(11)9-10)14-5-2-8-20-17(14)19/h1-9,21H. The number of hydrogen-bond donors (Lipinski definition) is 1. The third-order valence-corrected chi connectivity index (χ3v) is 4.77. The van der Waals surface area contributed by atoms with Gasteiger partial charge >= 0.3 is 0 Å². The van der Waals surface area contributed by atoms with Crippen LogP contribution in [0.3, 0.4) is 0 Å². The summed E-state index contributed by atoms with van der Waals surface area (Å²) in [5, 5.41) is 2.46. The number of nitrogens with one attached hydrogen (secondary N) is 1. The fourth-order valence-corrected chi connectivity index (χ4v) is 3.54.